The van der Waals surface area contributed by atoms with Crippen LogP contribution in [-0.2, 0) is 9.53 Å². The number of rotatable bonds is 8. The van der Waals surface area contributed by atoms with E-state index >= 15 is 0 Å². The average molecular weight is 298 g/mol. The monoisotopic (exact) mass is 298 g/mol. The molecule has 21 heavy (non-hydrogen) atoms. The smallest absolute Gasteiger partial charge is 0.237 e. The van der Waals surface area contributed by atoms with Crippen LogP contribution in [0.1, 0.15) is 73.1 Å². The Morgan fingerprint density at radius 3 is 2.57 bits per heavy atom. The van der Waals surface area contributed by atoms with Crippen LogP contribution in [0.15, 0.2) is 0 Å². The molecule has 0 aromatic heterocycles. The SMILES string of the molecule is CCC1CCCC(OC(C)CC(C)(NC(C)C)C(N)=O)C1. The van der Waals surface area contributed by atoms with E-state index in [-0.39, 0.29) is 18.1 Å². The number of nitrogens with one attached hydrogen (secondary N) is 1. The van der Waals surface area contributed by atoms with Crippen molar-refractivity contribution in [2.45, 2.75) is 96.9 Å². The van der Waals surface area contributed by atoms with E-state index in [2.05, 4.69) is 19.2 Å². The third-order valence-electron chi connectivity index (χ3n) is 4.58. The molecule has 1 aliphatic carbocycles. The lowest BCUT2D eigenvalue weighted by molar-refractivity contribution is -0.126. The third-order valence-corrected chi connectivity index (χ3v) is 4.58. The minimum absolute atomic E-state index is 0.0364. The van der Waals surface area contributed by atoms with E-state index in [1.54, 1.807) is 0 Å². The topological polar surface area (TPSA) is 64.3 Å². The minimum atomic E-state index is -0.702. The van der Waals surface area contributed by atoms with Gasteiger partial charge in [0.15, 0.2) is 0 Å². The minimum Gasteiger partial charge on any atom is -0.375 e. The summed E-state index contributed by atoms with van der Waals surface area (Å²) in [6.45, 7) is 10.2. The van der Waals surface area contributed by atoms with Gasteiger partial charge in [0.05, 0.1) is 17.7 Å². The van der Waals surface area contributed by atoms with Gasteiger partial charge in [-0.2, -0.15) is 0 Å². The highest BCUT2D eigenvalue weighted by Crippen LogP contribution is 2.30. The number of amides is 1. The molecular weight excluding hydrogens is 264 g/mol. The highest BCUT2D eigenvalue weighted by atomic mass is 16.5. The second-order valence-electron chi connectivity index (χ2n) is 7.21. The molecular formula is C17H34N2O2. The molecule has 1 rings (SSSR count). The summed E-state index contributed by atoms with van der Waals surface area (Å²) in [6, 6.07) is 0.217. The van der Waals surface area contributed by atoms with E-state index in [1.165, 1.54) is 19.3 Å². The molecule has 0 bridgehead atoms. The highest BCUT2D eigenvalue weighted by molar-refractivity contribution is 5.84. The second kappa shape index (κ2) is 8.14. The molecule has 3 N–H and O–H groups in total. The molecule has 1 fully saturated rings. The van der Waals surface area contributed by atoms with E-state index in [4.69, 9.17) is 10.5 Å². The number of primary amides is 1. The van der Waals surface area contributed by atoms with Crippen molar-refractivity contribution in [1.82, 2.24) is 5.32 Å². The van der Waals surface area contributed by atoms with Gasteiger partial charge < -0.3 is 15.8 Å². The summed E-state index contributed by atoms with van der Waals surface area (Å²) in [4.78, 5) is 11.8. The Labute approximate surface area is 130 Å². The molecule has 4 heteroatoms. The van der Waals surface area contributed by atoms with Crippen LogP contribution < -0.4 is 11.1 Å². The molecule has 4 unspecified atom stereocenters. The fraction of sp³-hybridized carbons (Fsp3) is 0.941. The van der Waals surface area contributed by atoms with Gasteiger partial charge in [-0.15, -0.1) is 0 Å². The maximum atomic E-state index is 11.8. The first-order valence-corrected chi connectivity index (χ1v) is 8.50. The van der Waals surface area contributed by atoms with Crippen LogP contribution in [0.2, 0.25) is 0 Å². The lowest BCUT2D eigenvalue weighted by Gasteiger charge is -2.35. The van der Waals surface area contributed by atoms with Crippen LogP contribution in [0, 0.1) is 5.92 Å². The van der Waals surface area contributed by atoms with Gasteiger partial charge >= 0.3 is 0 Å². The van der Waals surface area contributed by atoms with Crippen LogP contribution in [0.4, 0.5) is 0 Å². The first kappa shape index (κ1) is 18.4. The fourth-order valence-corrected chi connectivity index (χ4v) is 3.56. The number of hydrogen-bond donors (Lipinski definition) is 2. The van der Waals surface area contributed by atoms with Gasteiger partial charge in [-0.25, -0.2) is 0 Å². The van der Waals surface area contributed by atoms with E-state index < -0.39 is 5.54 Å². The first-order chi connectivity index (χ1) is 9.76. The van der Waals surface area contributed by atoms with Crippen molar-refractivity contribution < 1.29 is 9.53 Å². The Bertz CT molecular complexity index is 333. The van der Waals surface area contributed by atoms with Gasteiger partial charge in [0.1, 0.15) is 0 Å². The molecule has 124 valence electrons. The lowest BCUT2D eigenvalue weighted by Crippen LogP contribution is -2.57. The molecule has 1 aliphatic rings. The van der Waals surface area contributed by atoms with Crippen LogP contribution >= 0.6 is 0 Å². The summed E-state index contributed by atoms with van der Waals surface area (Å²) >= 11 is 0. The Morgan fingerprint density at radius 2 is 2.05 bits per heavy atom. The standard InChI is InChI=1S/C17H34N2O2/c1-6-14-8-7-9-15(10-14)21-13(4)11-17(5,16(18)20)19-12(2)3/h12-15,19H,6-11H2,1-5H3,(H2,18,20). The molecule has 4 nitrogen and oxygen atoms in total. The molecule has 1 saturated carbocycles. The summed E-state index contributed by atoms with van der Waals surface area (Å²) in [5, 5.41) is 3.29. The Hall–Kier alpha value is -0.610. The lowest BCUT2D eigenvalue weighted by atomic mass is 9.85. The quantitative estimate of drug-likeness (QED) is 0.724. The number of carbonyl (C=O) groups excluding carboxylic acids is 1. The van der Waals surface area contributed by atoms with Crippen molar-refractivity contribution >= 4 is 5.91 Å². The van der Waals surface area contributed by atoms with E-state index in [1.807, 2.05) is 20.8 Å². The van der Waals surface area contributed by atoms with Gasteiger partial charge in [-0.1, -0.05) is 26.2 Å². The van der Waals surface area contributed by atoms with Crippen LogP contribution in [-0.4, -0.2) is 29.7 Å². The molecule has 0 aliphatic heterocycles. The second-order valence-corrected chi connectivity index (χ2v) is 7.21. The number of ether oxygens (including phenoxy) is 1. The van der Waals surface area contributed by atoms with Crippen LogP contribution in [0.5, 0.6) is 0 Å². The maximum absolute atomic E-state index is 11.8. The molecule has 0 spiro atoms. The average Bonchev–Trinajstić information content (AvgIpc) is 2.37. The van der Waals surface area contributed by atoms with Crippen molar-refractivity contribution in [1.29, 1.82) is 0 Å². The highest BCUT2D eigenvalue weighted by Gasteiger charge is 2.34. The molecule has 0 aromatic rings. The Kier molecular flexibility index (Phi) is 7.14. The molecule has 0 saturated heterocycles. The van der Waals surface area contributed by atoms with E-state index in [0.717, 1.165) is 18.8 Å². The number of hydrogen-bond acceptors (Lipinski definition) is 3. The van der Waals surface area contributed by atoms with Crippen molar-refractivity contribution in [2.75, 3.05) is 0 Å². The zero-order chi connectivity index (χ0) is 16.0. The molecule has 1 amide bonds. The van der Waals surface area contributed by atoms with Crippen LogP contribution in [0.25, 0.3) is 0 Å². The fourth-order valence-electron chi connectivity index (χ4n) is 3.56. The van der Waals surface area contributed by atoms with Crippen molar-refractivity contribution in [3.63, 3.8) is 0 Å². The largest absolute Gasteiger partial charge is 0.375 e. The van der Waals surface area contributed by atoms with Gasteiger partial charge in [0.25, 0.3) is 0 Å². The summed E-state index contributed by atoms with van der Waals surface area (Å²) in [5.41, 5.74) is 4.89. The summed E-state index contributed by atoms with van der Waals surface area (Å²) in [7, 11) is 0. The molecule has 4 atom stereocenters. The molecule has 0 radical (unpaired) electrons. The van der Waals surface area contributed by atoms with Crippen molar-refractivity contribution in [3.05, 3.63) is 0 Å². The summed E-state index contributed by atoms with van der Waals surface area (Å²) in [5.74, 6) is 0.494. The number of nitrogens with two attached hydrogens (primary N) is 1. The maximum Gasteiger partial charge on any atom is 0.237 e. The van der Waals surface area contributed by atoms with Crippen molar-refractivity contribution in [2.24, 2.45) is 11.7 Å². The Balaban J connectivity index is 2.53. The normalized spacial score (nSPS) is 27.3. The van der Waals surface area contributed by atoms with Gasteiger partial charge in [-0.05, 0) is 46.5 Å². The Morgan fingerprint density at radius 1 is 1.38 bits per heavy atom. The van der Waals surface area contributed by atoms with Crippen molar-refractivity contribution in [3.8, 4) is 0 Å². The zero-order valence-corrected chi connectivity index (χ0v) is 14.4. The van der Waals surface area contributed by atoms with Gasteiger partial charge in [-0.3, -0.25) is 4.79 Å². The predicted octanol–water partition coefficient (Wildman–Crippen LogP) is 2.99. The zero-order valence-electron chi connectivity index (χ0n) is 14.4. The number of carbonyl (C=O) groups is 1. The summed E-state index contributed by atoms with van der Waals surface area (Å²) in [6.07, 6.45) is 7.13. The third kappa shape index (κ3) is 5.95. The van der Waals surface area contributed by atoms with Gasteiger partial charge in [0.2, 0.25) is 5.91 Å². The van der Waals surface area contributed by atoms with E-state index in [0.29, 0.717) is 12.5 Å². The van der Waals surface area contributed by atoms with Gasteiger partial charge in [0, 0.05) is 12.5 Å². The predicted molar refractivity (Wildman–Crippen MR) is 87.1 cm³/mol. The van der Waals surface area contributed by atoms with Crippen LogP contribution in [0.3, 0.4) is 0 Å². The van der Waals surface area contributed by atoms with E-state index in [9.17, 15) is 4.79 Å². The summed E-state index contributed by atoms with van der Waals surface area (Å²) < 4.78 is 6.20. The molecule has 0 heterocycles. The molecule has 0 aromatic carbocycles. The first-order valence-electron chi connectivity index (χ1n) is 8.50.